The normalized spacial score (nSPS) is 14.9. The summed E-state index contributed by atoms with van der Waals surface area (Å²) in [6, 6.07) is 11.5. The van der Waals surface area contributed by atoms with Crippen LogP contribution in [0, 0.1) is 11.6 Å². The van der Waals surface area contributed by atoms with E-state index in [0.717, 1.165) is 60.1 Å². The summed E-state index contributed by atoms with van der Waals surface area (Å²) in [4.78, 5) is 4.45. The quantitative estimate of drug-likeness (QED) is 0.513. The molecule has 0 atom stereocenters. The lowest BCUT2D eigenvalue weighted by atomic mass is 10.1. The number of fused-ring (bicyclic) bond motifs is 1. The zero-order chi connectivity index (χ0) is 20.5. The second kappa shape index (κ2) is 7.84. The number of halogens is 2. The molecule has 0 bridgehead atoms. The summed E-state index contributed by atoms with van der Waals surface area (Å²) in [6.45, 7) is 2.03. The van der Waals surface area contributed by atoms with Gasteiger partial charge >= 0.3 is 0 Å². The van der Waals surface area contributed by atoms with E-state index in [1.807, 2.05) is 24.4 Å². The Morgan fingerprint density at radius 2 is 1.83 bits per heavy atom. The van der Waals surface area contributed by atoms with Crippen LogP contribution >= 0.6 is 0 Å². The van der Waals surface area contributed by atoms with Gasteiger partial charge in [0.25, 0.3) is 0 Å². The molecule has 5 rings (SSSR count). The fourth-order valence-electron chi connectivity index (χ4n) is 3.82. The second-order valence-electron chi connectivity index (χ2n) is 7.41. The Hall–Kier alpha value is -3.32. The number of pyridine rings is 1. The number of piperidine rings is 1. The molecular formula is C23H20F2N4O. The molecule has 4 aromatic rings. The number of rotatable bonds is 4. The van der Waals surface area contributed by atoms with E-state index in [1.165, 1.54) is 6.07 Å². The first-order valence-electron chi connectivity index (χ1n) is 9.94. The topological polar surface area (TPSA) is 52.0 Å². The van der Waals surface area contributed by atoms with E-state index in [0.29, 0.717) is 11.8 Å². The zero-order valence-electron chi connectivity index (χ0n) is 16.2. The van der Waals surface area contributed by atoms with E-state index in [2.05, 4.69) is 26.3 Å². The Bertz CT molecular complexity index is 1200. The molecule has 7 heteroatoms. The SMILES string of the molecule is Fc1ccc(Oc2ccnc3cc(-c4cnn(C5CCNCC5)c4)ccc23)cc1F. The number of nitrogens with one attached hydrogen (secondary N) is 1. The summed E-state index contributed by atoms with van der Waals surface area (Å²) < 4.78 is 34.5. The fraction of sp³-hybridized carbons (Fsp3) is 0.217. The molecule has 2 aromatic heterocycles. The summed E-state index contributed by atoms with van der Waals surface area (Å²) in [5.74, 6) is -1.09. The molecular weight excluding hydrogens is 386 g/mol. The first kappa shape index (κ1) is 18.7. The summed E-state index contributed by atoms with van der Waals surface area (Å²) in [5, 5.41) is 8.72. The van der Waals surface area contributed by atoms with Gasteiger partial charge in [-0.25, -0.2) is 8.78 Å². The van der Waals surface area contributed by atoms with Gasteiger partial charge in [-0.3, -0.25) is 9.67 Å². The van der Waals surface area contributed by atoms with Crippen LogP contribution in [-0.4, -0.2) is 27.9 Å². The molecule has 0 unspecified atom stereocenters. The molecule has 1 fully saturated rings. The minimum Gasteiger partial charge on any atom is -0.456 e. The van der Waals surface area contributed by atoms with Gasteiger partial charge in [-0.2, -0.15) is 5.10 Å². The molecule has 0 aliphatic carbocycles. The molecule has 0 saturated carbocycles. The zero-order valence-corrected chi connectivity index (χ0v) is 16.2. The van der Waals surface area contributed by atoms with Gasteiger partial charge in [0.05, 0.1) is 17.8 Å². The van der Waals surface area contributed by atoms with Gasteiger partial charge in [0.15, 0.2) is 11.6 Å². The minimum absolute atomic E-state index is 0.230. The lowest BCUT2D eigenvalue weighted by Gasteiger charge is -2.22. The molecule has 1 aliphatic heterocycles. The molecule has 3 heterocycles. The monoisotopic (exact) mass is 406 g/mol. The minimum atomic E-state index is -0.945. The maximum Gasteiger partial charge on any atom is 0.162 e. The standard InChI is InChI=1S/C23H20F2N4O/c24-20-4-2-18(12-21(20)25)30-23-7-10-27-22-11-15(1-3-19(22)23)16-13-28-29(14-16)17-5-8-26-9-6-17/h1-4,7,10-14,17,26H,5-6,8-9H2. The third-order valence-corrected chi connectivity index (χ3v) is 5.44. The average molecular weight is 406 g/mol. The third kappa shape index (κ3) is 3.64. The van der Waals surface area contributed by atoms with Crippen LogP contribution < -0.4 is 10.1 Å². The second-order valence-corrected chi connectivity index (χ2v) is 7.41. The van der Waals surface area contributed by atoms with Crippen molar-refractivity contribution < 1.29 is 13.5 Å². The van der Waals surface area contributed by atoms with Crippen LogP contribution in [0.25, 0.3) is 22.0 Å². The van der Waals surface area contributed by atoms with Crippen LogP contribution in [0.4, 0.5) is 8.78 Å². The van der Waals surface area contributed by atoms with Crippen molar-refractivity contribution in [2.24, 2.45) is 0 Å². The van der Waals surface area contributed by atoms with Crippen LogP contribution in [0.2, 0.25) is 0 Å². The van der Waals surface area contributed by atoms with E-state index >= 15 is 0 Å². The van der Waals surface area contributed by atoms with Crippen molar-refractivity contribution in [2.75, 3.05) is 13.1 Å². The number of ether oxygens (including phenoxy) is 1. The fourth-order valence-corrected chi connectivity index (χ4v) is 3.82. The highest BCUT2D eigenvalue weighted by Crippen LogP contribution is 2.32. The van der Waals surface area contributed by atoms with Crippen LogP contribution in [-0.2, 0) is 0 Å². The first-order chi connectivity index (χ1) is 14.7. The molecule has 0 spiro atoms. The maximum absolute atomic E-state index is 13.5. The molecule has 0 amide bonds. The molecule has 5 nitrogen and oxygen atoms in total. The Kier molecular flexibility index (Phi) is 4.88. The lowest BCUT2D eigenvalue weighted by molar-refractivity contribution is 0.343. The number of nitrogens with zero attached hydrogens (tertiary/aromatic N) is 3. The Morgan fingerprint density at radius 1 is 0.967 bits per heavy atom. The van der Waals surface area contributed by atoms with Crippen molar-refractivity contribution >= 4 is 10.9 Å². The predicted molar refractivity (Wildman–Crippen MR) is 111 cm³/mol. The number of hydrogen-bond donors (Lipinski definition) is 1. The van der Waals surface area contributed by atoms with Gasteiger partial charge in [-0.1, -0.05) is 6.07 Å². The molecule has 1 N–H and O–H groups in total. The van der Waals surface area contributed by atoms with Crippen molar-refractivity contribution in [2.45, 2.75) is 18.9 Å². The van der Waals surface area contributed by atoms with Crippen LogP contribution in [0.5, 0.6) is 11.5 Å². The van der Waals surface area contributed by atoms with E-state index in [4.69, 9.17) is 4.74 Å². The van der Waals surface area contributed by atoms with Gasteiger partial charge in [0.2, 0.25) is 0 Å². The number of aromatic nitrogens is 3. The number of benzene rings is 2. The molecule has 152 valence electrons. The third-order valence-electron chi connectivity index (χ3n) is 5.44. The van der Waals surface area contributed by atoms with Gasteiger partial charge in [-0.15, -0.1) is 0 Å². The highest BCUT2D eigenvalue weighted by Gasteiger charge is 2.16. The van der Waals surface area contributed by atoms with E-state index < -0.39 is 11.6 Å². The van der Waals surface area contributed by atoms with Gasteiger partial charge < -0.3 is 10.1 Å². The van der Waals surface area contributed by atoms with Crippen molar-refractivity contribution in [1.82, 2.24) is 20.1 Å². The average Bonchev–Trinajstić information content (AvgIpc) is 3.27. The predicted octanol–water partition coefficient (Wildman–Crippen LogP) is 5.09. The highest BCUT2D eigenvalue weighted by atomic mass is 19.2. The van der Waals surface area contributed by atoms with E-state index in [9.17, 15) is 8.78 Å². The summed E-state index contributed by atoms with van der Waals surface area (Å²) in [6.07, 6.45) is 7.75. The molecule has 30 heavy (non-hydrogen) atoms. The summed E-state index contributed by atoms with van der Waals surface area (Å²) in [5.41, 5.74) is 2.80. The maximum atomic E-state index is 13.5. The first-order valence-corrected chi connectivity index (χ1v) is 9.94. The summed E-state index contributed by atoms with van der Waals surface area (Å²) in [7, 11) is 0. The largest absolute Gasteiger partial charge is 0.456 e. The van der Waals surface area contributed by atoms with Gasteiger partial charge in [-0.05, 0) is 61.8 Å². The summed E-state index contributed by atoms with van der Waals surface area (Å²) >= 11 is 0. The van der Waals surface area contributed by atoms with Crippen LogP contribution in [0.3, 0.4) is 0 Å². The smallest absolute Gasteiger partial charge is 0.162 e. The van der Waals surface area contributed by atoms with E-state index in [1.54, 1.807) is 12.3 Å². The van der Waals surface area contributed by atoms with Crippen molar-refractivity contribution in [1.29, 1.82) is 0 Å². The Morgan fingerprint density at radius 3 is 2.67 bits per heavy atom. The molecule has 2 aromatic carbocycles. The van der Waals surface area contributed by atoms with Crippen molar-refractivity contribution in [3.05, 3.63) is 72.7 Å². The van der Waals surface area contributed by atoms with Gasteiger partial charge in [0, 0.05) is 29.4 Å². The molecule has 1 saturated heterocycles. The molecule has 1 aliphatic rings. The van der Waals surface area contributed by atoms with Crippen molar-refractivity contribution in [3.8, 4) is 22.6 Å². The molecule has 0 radical (unpaired) electrons. The lowest BCUT2D eigenvalue weighted by Crippen LogP contribution is -2.29. The van der Waals surface area contributed by atoms with Crippen molar-refractivity contribution in [3.63, 3.8) is 0 Å². The Labute approximate surface area is 172 Å². The highest BCUT2D eigenvalue weighted by molar-refractivity contribution is 5.88. The Balaban J connectivity index is 1.44. The number of hydrogen-bond acceptors (Lipinski definition) is 4. The van der Waals surface area contributed by atoms with Gasteiger partial charge in [0.1, 0.15) is 11.5 Å². The van der Waals surface area contributed by atoms with E-state index in [-0.39, 0.29) is 5.75 Å². The van der Waals surface area contributed by atoms with Crippen LogP contribution in [0.1, 0.15) is 18.9 Å². The van der Waals surface area contributed by atoms with Crippen LogP contribution in [0.15, 0.2) is 61.1 Å².